The number of carbonyl (C=O) groups is 1. The number of amides is 1. The number of nitro benzene ring substituents is 1. The molecule has 0 aliphatic carbocycles. The van der Waals surface area contributed by atoms with Crippen molar-refractivity contribution >= 4 is 58.3 Å². The van der Waals surface area contributed by atoms with Gasteiger partial charge in [-0.3, -0.25) is 19.8 Å². The standard InChI is InChI=1S/C22H14Cl2N2O3S/c23-16-5-3-15(4-6-16)22-25(18-11-7-17(24)8-12-18)21(27)20(30-22)13-14-1-9-19(10-2-14)26(28)29/h1-13,22H/b20-13-/t22-/m1/s1. The molecule has 0 N–H and O–H groups in total. The minimum absolute atomic E-state index is 0.00406. The Kier molecular flexibility index (Phi) is 5.81. The Balaban J connectivity index is 1.73. The lowest BCUT2D eigenvalue weighted by Crippen LogP contribution is -2.27. The van der Waals surface area contributed by atoms with Crippen molar-refractivity contribution in [2.24, 2.45) is 0 Å². The van der Waals surface area contributed by atoms with Gasteiger partial charge in [0, 0.05) is 27.9 Å². The zero-order valence-corrected chi connectivity index (χ0v) is 17.7. The number of carbonyl (C=O) groups excluding carboxylic acids is 1. The zero-order chi connectivity index (χ0) is 21.3. The molecular weight excluding hydrogens is 443 g/mol. The highest BCUT2D eigenvalue weighted by Gasteiger charge is 2.38. The number of thioether (sulfide) groups is 1. The number of nitro groups is 1. The fourth-order valence-corrected chi connectivity index (χ4v) is 4.60. The van der Waals surface area contributed by atoms with Crippen LogP contribution in [0.3, 0.4) is 0 Å². The molecular formula is C22H14Cl2N2O3S. The molecule has 5 nitrogen and oxygen atoms in total. The number of rotatable bonds is 4. The maximum absolute atomic E-state index is 13.3. The number of nitrogens with zero attached hydrogens (tertiary/aromatic N) is 2. The van der Waals surface area contributed by atoms with Gasteiger partial charge in [-0.15, -0.1) is 0 Å². The highest BCUT2D eigenvalue weighted by atomic mass is 35.5. The molecule has 8 heteroatoms. The lowest BCUT2D eigenvalue weighted by atomic mass is 10.1. The van der Waals surface area contributed by atoms with Gasteiger partial charge in [0.15, 0.2) is 0 Å². The Labute approximate surface area is 187 Å². The van der Waals surface area contributed by atoms with Crippen molar-refractivity contribution in [3.63, 3.8) is 0 Å². The monoisotopic (exact) mass is 456 g/mol. The molecule has 0 aromatic heterocycles. The summed E-state index contributed by atoms with van der Waals surface area (Å²) >= 11 is 13.5. The number of halogens is 2. The van der Waals surface area contributed by atoms with Crippen molar-refractivity contribution < 1.29 is 9.72 Å². The van der Waals surface area contributed by atoms with Gasteiger partial charge in [0.05, 0.1) is 9.83 Å². The average Bonchev–Trinajstić information content (AvgIpc) is 3.06. The highest BCUT2D eigenvalue weighted by Crippen LogP contribution is 2.48. The van der Waals surface area contributed by atoms with Crippen LogP contribution in [0.15, 0.2) is 77.7 Å². The van der Waals surface area contributed by atoms with E-state index in [0.29, 0.717) is 20.5 Å². The van der Waals surface area contributed by atoms with E-state index < -0.39 is 4.92 Å². The molecule has 1 fully saturated rings. The third-order valence-electron chi connectivity index (χ3n) is 4.56. The summed E-state index contributed by atoms with van der Waals surface area (Å²) in [7, 11) is 0. The van der Waals surface area contributed by atoms with E-state index in [1.54, 1.807) is 59.5 Å². The summed E-state index contributed by atoms with van der Waals surface area (Å²) in [5.74, 6) is -0.152. The van der Waals surface area contributed by atoms with Gasteiger partial charge >= 0.3 is 0 Å². The second-order valence-electron chi connectivity index (χ2n) is 6.53. The van der Waals surface area contributed by atoms with Gasteiger partial charge in [-0.1, -0.05) is 47.1 Å². The number of hydrogen-bond acceptors (Lipinski definition) is 4. The summed E-state index contributed by atoms with van der Waals surface area (Å²) in [6.45, 7) is 0. The minimum Gasteiger partial charge on any atom is -0.291 e. The molecule has 1 saturated heterocycles. The molecule has 0 spiro atoms. The summed E-state index contributed by atoms with van der Waals surface area (Å²) in [4.78, 5) is 26.0. The molecule has 0 radical (unpaired) electrons. The van der Waals surface area contributed by atoms with Crippen LogP contribution in [0.5, 0.6) is 0 Å². The fraction of sp³-hybridized carbons (Fsp3) is 0.0455. The first-order valence-electron chi connectivity index (χ1n) is 8.90. The number of hydrogen-bond donors (Lipinski definition) is 0. The van der Waals surface area contributed by atoms with E-state index in [4.69, 9.17) is 23.2 Å². The molecule has 0 bridgehead atoms. The van der Waals surface area contributed by atoms with E-state index in [2.05, 4.69) is 0 Å². The van der Waals surface area contributed by atoms with E-state index in [1.807, 2.05) is 12.1 Å². The number of benzene rings is 3. The van der Waals surface area contributed by atoms with E-state index >= 15 is 0 Å². The Hall–Kier alpha value is -2.80. The summed E-state index contributed by atoms with van der Waals surface area (Å²) < 4.78 is 0. The van der Waals surface area contributed by atoms with Gasteiger partial charge in [-0.25, -0.2) is 0 Å². The predicted octanol–water partition coefficient (Wildman–Crippen LogP) is 6.72. The second-order valence-corrected chi connectivity index (χ2v) is 8.53. The van der Waals surface area contributed by atoms with Crippen LogP contribution in [-0.2, 0) is 4.79 Å². The van der Waals surface area contributed by atoms with Crippen LogP contribution in [0.4, 0.5) is 11.4 Å². The lowest BCUT2D eigenvalue weighted by molar-refractivity contribution is -0.384. The summed E-state index contributed by atoms with van der Waals surface area (Å²) in [5.41, 5.74) is 2.37. The van der Waals surface area contributed by atoms with E-state index in [1.165, 1.54) is 23.9 Å². The maximum atomic E-state index is 13.3. The first kappa shape index (κ1) is 20.5. The Bertz CT molecular complexity index is 1130. The number of anilines is 1. The van der Waals surface area contributed by atoms with Gasteiger partial charge in [-0.05, 0) is 65.7 Å². The normalized spacial score (nSPS) is 17.5. The number of non-ortho nitro benzene ring substituents is 1. The van der Waals surface area contributed by atoms with Gasteiger partial charge in [0.1, 0.15) is 5.37 Å². The van der Waals surface area contributed by atoms with Crippen molar-refractivity contribution in [2.75, 3.05) is 4.90 Å². The summed E-state index contributed by atoms with van der Waals surface area (Å²) in [6.07, 6.45) is 1.75. The van der Waals surface area contributed by atoms with Crippen LogP contribution in [0, 0.1) is 10.1 Å². The summed E-state index contributed by atoms with van der Waals surface area (Å²) in [5, 5.41) is 11.8. The molecule has 4 rings (SSSR count). The molecule has 3 aromatic carbocycles. The molecule has 1 aliphatic rings. The fourth-order valence-electron chi connectivity index (χ4n) is 3.09. The van der Waals surface area contributed by atoms with Crippen LogP contribution >= 0.6 is 35.0 Å². The van der Waals surface area contributed by atoms with Gasteiger partial charge < -0.3 is 0 Å². The van der Waals surface area contributed by atoms with Gasteiger partial charge in [0.2, 0.25) is 0 Å². The SMILES string of the molecule is O=C1/C(=C/c2ccc([N+](=O)[O-])cc2)S[C@H](c2ccc(Cl)cc2)N1c1ccc(Cl)cc1. The quantitative estimate of drug-likeness (QED) is 0.248. The molecule has 1 atom stereocenters. The minimum atomic E-state index is -0.453. The van der Waals surface area contributed by atoms with E-state index in [-0.39, 0.29) is 17.0 Å². The average molecular weight is 457 g/mol. The molecule has 150 valence electrons. The van der Waals surface area contributed by atoms with Crippen molar-refractivity contribution in [3.05, 3.63) is 109 Å². The van der Waals surface area contributed by atoms with Crippen molar-refractivity contribution in [1.82, 2.24) is 0 Å². The third kappa shape index (κ3) is 4.21. The highest BCUT2D eigenvalue weighted by molar-refractivity contribution is 8.05. The molecule has 0 unspecified atom stereocenters. The predicted molar refractivity (Wildman–Crippen MR) is 122 cm³/mol. The topological polar surface area (TPSA) is 63.4 Å². The van der Waals surface area contributed by atoms with Crippen LogP contribution < -0.4 is 4.90 Å². The van der Waals surface area contributed by atoms with Crippen molar-refractivity contribution in [1.29, 1.82) is 0 Å². The van der Waals surface area contributed by atoms with Gasteiger partial charge in [0.25, 0.3) is 11.6 Å². The Morgan fingerprint density at radius 1 is 0.900 bits per heavy atom. The second kappa shape index (κ2) is 8.52. The Morgan fingerprint density at radius 2 is 1.47 bits per heavy atom. The Morgan fingerprint density at radius 3 is 2.03 bits per heavy atom. The molecule has 1 amide bonds. The van der Waals surface area contributed by atoms with Crippen LogP contribution in [0.1, 0.15) is 16.5 Å². The third-order valence-corrected chi connectivity index (χ3v) is 6.32. The molecule has 30 heavy (non-hydrogen) atoms. The first-order chi connectivity index (χ1) is 14.4. The van der Waals surface area contributed by atoms with Crippen LogP contribution in [0.25, 0.3) is 6.08 Å². The van der Waals surface area contributed by atoms with Crippen LogP contribution in [0.2, 0.25) is 10.0 Å². The summed E-state index contributed by atoms with van der Waals surface area (Å²) in [6, 6.07) is 20.6. The molecule has 1 heterocycles. The maximum Gasteiger partial charge on any atom is 0.269 e. The van der Waals surface area contributed by atoms with E-state index in [0.717, 1.165) is 11.3 Å². The zero-order valence-electron chi connectivity index (χ0n) is 15.4. The molecule has 1 aliphatic heterocycles. The van der Waals surface area contributed by atoms with Crippen LogP contribution in [-0.4, -0.2) is 10.8 Å². The first-order valence-corrected chi connectivity index (χ1v) is 10.5. The van der Waals surface area contributed by atoms with E-state index in [9.17, 15) is 14.9 Å². The molecule has 0 saturated carbocycles. The lowest BCUT2D eigenvalue weighted by Gasteiger charge is -2.24. The smallest absolute Gasteiger partial charge is 0.269 e. The van der Waals surface area contributed by atoms with Crippen molar-refractivity contribution in [3.8, 4) is 0 Å². The molecule has 3 aromatic rings. The largest absolute Gasteiger partial charge is 0.291 e. The van der Waals surface area contributed by atoms with Crippen molar-refractivity contribution in [2.45, 2.75) is 5.37 Å². The van der Waals surface area contributed by atoms with Gasteiger partial charge in [-0.2, -0.15) is 0 Å².